The SMILES string of the molecule is CC(C)[C@](C)(O)C[C@H](O)CN. The Morgan fingerprint density at radius 3 is 2.18 bits per heavy atom. The summed E-state index contributed by atoms with van der Waals surface area (Å²) in [4.78, 5) is 0. The Labute approximate surface area is 68.2 Å². The van der Waals surface area contributed by atoms with Gasteiger partial charge in [0.2, 0.25) is 0 Å². The monoisotopic (exact) mass is 161 g/mol. The first kappa shape index (κ1) is 10.9. The molecule has 0 bridgehead atoms. The number of rotatable bonds is 4. The highest BCUT2D eigenvalue weighted by atomic mass is 16.3. The van der Waals surface area contributed by atoms with Crippen LogP contribution in [0.4, 0.5) is 0 Å². The molecule has 0 aromatic carbocycles. The van der Waals surface area contributed by atoms with E-state index in [2.05, 4.69) is 0 Å². The standard InChI is InChI=1S/C8H19NO2/c1-6(2)8(3,11)4-7(10)5-9/h6-7,10-11H,4-5,9H2,1-3H3/t7-,8+/m0/s1. The van der Waals surface area contributed by atoms with Crippen LogP contribution in [0.2, 0.25) is 0 Å². The van der Waals surface area contributed by atoms with Crippen molar-refractivity contribution >= 4 is 0 Å². The summed E-state index contributed by atoms with van der Waals surface area (Å²) in [5.74, 6) is 0.142. The van der Waals surface area contributed by atoms with Gasteiger partial charge < -0.3 is 15.9 Å². The minimum atomic E-state index is -0.807. The van der Waals surface area contributed by atoms with E-state index in [1.807, 2.05) is 13.8 Å². The maximum absolute atomic E-state index is 9.68. The Bertz CT molecular complexity index is 113. The summed E-state index contributed by atoms with van der Waals surface area (Å²) in [5, 5.41) is 18.8. The highest BCUT2D eigenvalue weighted by Crippen LogP contribution is 2.21. The molecule has 0 aromatic rings. The van der Waals surface area contributed by atoms with E-state index in [9.17, 15) is 5.11 Å². The molecule has 0 fully saturated rings. The molecule has 0 saturated heterocycles. The summed E-state index contributed by atoms with van der Waals surface area (Å²) in [7, 11) is 0. The Morgan fingerprint density at radius 1 is 1.45 bits per heavy atom. The van der Waals surface area contributed by atoms with Crippen molar-refractivity contribution in [1.29, 1.82) is 0 Å². The van der Waals surface area contributed by atoms with Crippen LogP contribution in [0, 0.1) is 5.92 Å². The van der Waals surface area contributed by atoms with Crippen molar-refractivity contribution in [2.45, 2.75) is 38.9 Å². The maximum Gasteiger partial charge on any atom is 0.0689 e. The fourth-order valence-corrected chi connectivity index (χ4v) is 0.796. The van der Waals surface area contributed by atoms with E-state index in [1.165, 1.54) is 0 Å². The topological polar surface area (TPSA) is 66.5 Å². The summed E-state index contributed by atoms with van der Waals surface area (Å²) in [6, 6.07) is 0. The molecule has 68 valence electrons. The lowest BCUT2D eigenvalue weighted by atomic mass is 9.87. The summed E-state index contributed by atoms with van der Waals surface area (Å²) in [6.45, 7) is 5.77. The summed E-state index contributed by atoms with van der Waals surface area (Å²) in [6.07, 6.45) is -0.242. The molecule has 0 spiro atoms. The molecule has 0 saturated carbocycles. The average Bonchev–Trinajstić information content (AvgIpc) is 1.86. The van der Waals surface area contributed by atoms with Crippen molar-refractivity contribution < 1.29 is 10.2 Å². The predicted molar refractivity (Wildman–Crippen MR) is 45.1 cm³/mol. The van der Waals surface area contributed by atoms with Gasteiger partial charge in [-0.05, 0) is 12.8 Å². The van der Waals surface area contributed by atoms with Crippen LogP contribution in [0.15, 0.2) is 0 Å². The van der Waals surface area contributed by atoms with Gasteiger partial charge in [0.1, 0.15) is 0 Å². The van der Waals surface area contributed by atoms with Gasteiger partial charge in [-0.15, -0.1) is 0 Å². The minimum absolute atomic E-state index is 0.142. The average molecular weight is 161 g/mol. The Morgan fingerprint density at radius 2 is 1.91 bits per heavy atom. The van der Waals surface area contributed by atoms with Crippen molar-refractivity contribution in [2.75, 3.05) is 6.54 Å². The van der Waals surface area contributed by atoms with E-state index in [4.69, 9.17) is 10.8 Å². The summed E-state index contributed by atoms with van der Waals surface area (Å²) < 4.78 is 0. The quantitative estimate of drug-likeness (QED) is 0.548. The highest BCUT2D eigenvalue weighted by Gasteiger charge is 2.27. The van der Waals surface area contributed by atoms with Crippen LogP contribution in [-0.4, -0.2) is 28.5 Å². The third kappa shape index (κ3) is 3.70. The second kappa shape index (κ2) is 4.04. The van der Waals surface area contributed by atoms with Gasteiger partial charge in [0.15, 0.2) is 0 Å². The molecule has 0 aliphatic carbocycles. The molecule has 0 aromatic heterocycles. The van der Waals surface area contributed by atoms with Crippen LogP contribution in [0.5, 0.6) is 0 Å². The summed E-state index contributed by atoms with van der Waals surface area (Å²) >= 11 is 0. The number of hydrogen-bond acceptors (Lipinski definition) is 3. The molecule has 0 radical (unpaired) electrons. The van der Waals surface area contributed by atoms with Gasteiger partial charge in [0, 0.05) is 13.0 Å². The molecule has 0 unspecified atom stereocenters. The van der Waals surface area contributed by atoms with Gasteiger partial charge in [-0.1, -0.05) is 13.8 Å². The predicted octanol–water partition coefficient (Wildman–Crippen LogP) is 0.103. The van der Waals surface area contributed by atoms with Gasteiger partial charge >= 0.3 is 0 Å². The summed E-state index contributed by atoms with van der Waals surface area (Å²) in [5.41, 5.74) is 4.41. The molecule has 0 rings (SSSR count). The van der Waals surface area contributed by atoms with E-state index < -0.39 is 11.7 Å². The van der Waals surface area contributed by atoms with Gasteiger partial charge in [-0.2, -0.15) is 0 Å². The van der Waals surface area contributed by atoms with Gasteiger partial charge in [-0.3, -0.25) is 0 Å². The van der Waals surface area contributed by atoms with Gasteiger partial charge in [-0.25, -0.2) is 0 Å². The van der Waals surface area contributed by atoms with Crippen molar-refractivity contribution in [2.24, 2.45) is 11.7 Å². The van der Waals surface area contributed by atoms with Crippen LogP contribution >= 0.6 is 0 Å². The van der Waals surface area contributed by atoms with Crippen LogP contribution in [-0.2, 0) is 0 Å². The number of aliphatic hydroxyl groups excluding tert-OH is 1. The third-order valence-electron chi connectivity index (χ3n) is 2.16. The van der Waals surface area contributed by atoms with Crippen molar-refractivity contribution in [3.8, 4) is 0 Å². The highest BCUT2D eigenvalue weighted by molar-refractivity contribution is 4.79. The molecule has 0 aliphatic heterocycles. The van der Waals surface area contributed by atoms with Crippen LogP contribution in [0.25, 0.3) is 0 Å². The molecule has 11 heavy (non-hydrogen) atoms. The molecular formula is C8H19NO2. The van der Waals surface area contributed by atoms with Crippen molar-refractivity contribution in [3.05, 3.63) is 0 Å². The lowest BCUT2D eigenvalue weighted by Gasteiger charge is -2.29. The molecular weight excluding hydrogens is 142 g/mol. The normalized spacial score (nSPS) is 19.9. The number of nitrogens with two attached hydrogens (primary N) is 1. The van der Waals surface area contributed by atoms with Crippen molar-refractivity contribution in [1.82, 2.24) is 0 Å². The van der Waals surface area contributed by atoms with Crippen molar-refractivity contribution in [3.63, 3.8) is 0 Å². The number of aliphatic hydroxyl groups is 2. The van der Waals surface area contributed by atoms with E-state index >= 15 is 0 Å². The van der Waals surface area contributed by atoms with E-state index in [0.29, 0.717) is 6.42 Å². The first-order chi connectivity index (χ1) is 4.90. The van der Waals surface area contributed by atoms with Gasteiger partial charge in [0.05, 0.1) is 11.7 Å². The van der Waals surface area contributed by atoms with Crippen LogP contribution < -0.4 is 5.73 Å². The molecule has 4 N–H and O–H groups in total. The first-order valence-corrected chi connectivity index (χ1v) is 4.00. The lowest BCUT2D eigenvalue weighted by Crippen LogP contribution is -2.37. The zero-order chi connectivity index (χ0) is 9.07. The largest absolute Gasteiger partial charge is 0.392 e. The fraction of sp³-hybridized carbons (Fsp3) is 1.00. The van der Waals surface area contributed by atoms with E-state index in [1.54, 1.807) is 6.92 Å². The smallest absolute Gasteiger partial charge is 0.0689 e. The number of hydrogen-bond donors (Lipinski definition) is 3. The fourth-order valence-electron chi connectivity index (χ4n) is 0.796. The molecule has 2 atom stereocenters. The Balaban J connectivity index is 3.90. The Hall–Kier alpha value is -0.120. The zero-order valence-electron chi connectivity index (χ0n) is 7.54. The second-order valence-corrected chi connectivity index (χ2v) is 3.61. The Kier molecular flexibility index (Phi) is 4.00. The molecule has 3 heteroatoms. The third-order valence-corrected chi connectivity index (χ3v) is 2.16. The molecule has 0 aliphatic rings. The van der Waals surface area contributed by atoms with Crippen LogP contribution in [0.1, 0.15) is 27.2 Å². The molecule has 0 heterocycles. The van der Waals surface area contributed by atoms with E-state index in [0.717, 1.165) is 0 Å². The second-order valence-electron chi connectivity index (χ2n) is 3.61. The lowest BCUT2D eigenvalue weighted by molar-refractivity contribution is -0.0286. The van der Waals surface area contributed by atoms with E-state index in [-0.39, 0.29) is 12.5 Å². The molecule has 0 amide bonds. The zero-order valence-corrected chi connectivity index (χ0v) is 7.54. The van der Waals surface area contributed by atoms with Crippen LogP contribution in [0.3, 0.4) is 0 Å². The maximum atomic E-state index is 9.68. The first-order valence-electron chi connectivity index (χ1n) is 4.00. The minimum Gasteiger partial charge on any atom is -0.392 e. The van der Waals surface area contributed by atoms with Gasteiger partial charge in [0.25, 0.3) is 0 Å². The molecule has 3 nitrogen and oxygen atoms in total.